The van der Waals surface area contributed by atoms with Crippen LogP contribution in [0.1, 0.15) is 27.7 Å². The summed E-state index contributed by atoms with van der Waals surface area (Å²) in [6, 6.07) is 0. The van der Waals surface area contributed by atoms with Gasteiger partial charge in [-0.05, 0) is 0 Å². The zero-order valence-electron chi connectivity index (χ0n) is 10.9. The monoisotopic (exact) mass is 508 g/mol. The second kappa shape index (κ2) is 11.5. The molecule has 17 heavy (non-hydrogen) atoms. The van der Waals surface area contributed by atoms with Crippen molar-refractivity contribution in [2.75, 3.05) is 26.2 Å². The predicted molar refractivity (Wildman–Crippen MR) is 95.7 cm³/mol. The SMILES string of the molecule is CCN(CC)C(=[SH+])[S][BiH][S]C(=[SH+])N(CC)CC. The van der Waals surface area contributed by atoms with E-state index in [1.54, 1.807) is 0 Å². The normalized spacial score (nSPS) is 11.2. The fraction of sp³-hybridized carbons (Fsp3) is 0.800. The van der Waals surface area contributed by atoms with E-state index in [2.05, 4.69) is 61.9 Å². The standard InChI is InChI=1S/2C5H11NS2.Bi.H/c2*1-3-6(4-2)5(7)8;;/h2*3-4H2,1-2H3,(H,7,8);;/q;;+2;. The zero-order valence-corrected chi connectivity index (χ0v) is 18.2. The van der Waals surface area contributed by atoms with Crippen molar-refractivity contribution in [2.24, 2.45) is 0 Å². The predicted octanol–water partition coefficient (Wildman–Crippen LogP) is 1.14. The van der Waals surface area contributed by atoms with Crippen molar-refractivity contribution in [3.8, 4) is 0 Å². The van der Waals surface area contributed by atoms with E-state index >= 15 is 0 Å². The van der Waals surface area contributed by atoms with E-state index in [0.29, 0.717) is 0 Å². The van der Waals surface area contributed by atoms with Gasteiger partial charge in [-0.25, -0.2) is 0 Å². The average Bonchev–Trinajstić information content (AvgIpc) is 2.32. The second-order valence-electron chi connectivity index (χ2n) is 3.20. The molecule has 0 aliphatic rings. The maximum atomic E-state index is 4.58. The van der Waals surface area contributed by atoms with E-state index in [-0.39, 0.29) is 0 Å². The fourth-order valence-electron chi connectivity index (χ4n) is 1.21. The molecule has 0 aliphatic heterocycles. The Hall–Kier alpha value is 1.68. The van der Waals surface area contributed by atoms with Crippen LogP contribution in [-0.4, -0.2) is 64.9 Å². The summed E-state index contributed by atoms with van der Waals surface area (Å²) in [5.41, 5.74) is 0. The van der Waals surface area contributed by atoms with Crippen molar-refractivity contribution in [3.05, 3.63) is 0 Å². The Morgan fingerprint density at radius 1 is 0.824 bits per heavy atom. The summed E-state index contributed by atoms with van der Waals surface area (Å²) < 4.78 is 2.37. The van der Waals surface area contributed by atoms with Gasteiger partial charge in [0, 0.05) is 0 Å². The number of rotatable bonds is 6. The fourth-order valence-corrected chi connectivity index (χ4v) is 18.9. The zero-order chi connectivity index (χ0) is 13.3. The molecule has 0 rings (SSSR count). The molecule has 0 radical (unpaired) electrons. The van der Waals surface area contributed by atoms with Gasteiger partial charge in [-0.2, -0.15) is 0 Å². The minimum absolute atomic E-state index is 0.782. The number of hydrogen-bond acceptors (Lipinski definition) is 2. The Balaban J connectivity index is 3.90. The summed E-state index contributed by atoms with van der Waals surface area (Å²) in [6.07, 6.45) is 0. The van der Waals surface area contributed by atoms with Gasteiger partial charge in [0.25, 0.3) is 0 Å². The number of thiol groups is 2. The van der Waals surface area contributed by atoms with Crippen LogP contribution in [0.3, 0.4) is 0 Å². The number of hydrogen-bond donors (Lipinski definition) is 0. The summed E-state index contributed by atoms with van der Waals surface area (Å²) >= 11 is 8.37. The molecule has 0 aliphatic carbocycles. The van der Waals surface area contributed by atoms with Crippen molar-refractivity contribution < 1.29 is 0 Å². The molecule has 0 saturated carbocycles. The van der Waals surface area contributed by atoms with Gasteiger partial charge >= 0.3 is 134 Å². The quantitative estimate of drug-likeness (QED) is 0.230. The summed E-state index contributed by atoms with van der Waals surface area (Å²) in [6.45, 7) is 12.9. The minimum atomic E-state index is -0.782. The van der Waals surface area contributed by atoms with Crippen molar-refractivity contribution in [1.82, 2.24) is 9.80 Å². The first kappa shape index (κ1) is 18.7. The molecule has 0 aromatic heterocycles. The van der Waals surface area contributed by atoms with Gasteiger partial charge in [-0.3, -0.25) is 0 Å². The molecule has 0 heterocycles. The topological polar surface area (TPSA) is 6.48 Å². The first-order valence-corrected chi connectivity index (χ1v) is 17.9. The van der Waals surface area contributed by atoms with Gasteiger partial charge in [0.1, 0.15) is 0 Å². The summed E-state index contributed by atoms with van der Waals surface area (Å²) in [4.78, 5) is 4.61. The number of nitrogens with zero attached hydrogens (tertiary/aromatic N) is 2. The van der Waals surface area contributed by atoms with E-state index in [0.717, 1.165) is 26.2 Å². The van der Waals surface area contributed by atoms with E-state index in [4.69, 9.17) is 0 Å². The average molecular weight is 509 g/mol. The van der Waals surface area contributed by atoms with Crippen LogP contribution in [0, 0.1) is 0 Å². The van der Waals surface area contributed by atoms with Gasteiger partial charge in [0.2, 0.25) is 0 Å². The summed E-state index contributed by atoms with van der Waals surface area (Å²) in [5, 5.41) is 0. The molecule has 0 fully saturated rings. The third-order valence-corrected chi connectivity index (χ3v) is 19.3. The molecule has 0 bridgehead atoms. The van der Waals surface area contributed by atoms with Gasteiger partial charge in [-0.15, -0.1) is 0 Å². The van der Waals surface area contributed by atoms with Gasteiger partial charge in [0.05, 0.1) is 0 Å². The Bertz CT molecular complexity index is 218. The Morgan fingerprint density at radius 2 is 1.12 bits per heavy atom. The van der Waals surface area contributed by atoms with Crippen LogP contribution in [0.2, 0.25) is 0 Å². The van der Waals surface area contributed by atoms with E-state index in [9.17, 15) is 0 Å². The van der Waals surface area contributed by atoms with Crippen LogP contribution < -0.4 is 0 Å². The van der Waals surface area contributed by atoms with Crippen LogP contribution in [-0.2, 0) is 24.4 Å². The van der Waals surface area contributed by atoms with Crippen molar-refractivity contribution in [3.63, 3.8) is 0 Å². The van der Waals surface area contributed by atoms with Crippen LogP contribution >= 0.6 is 17.0 Å². The van der Waals surface area contributed by atoms with Crippen LogP contribution in [0.5, 0.6) is 0 Å². The Morgan fingerprint density at radius 3 is 1.35 bits per heavy atom. The second-order valence-corrected chi connectivity index (χ2v) is 17.1. The van der Waals surface area contributed by atoms with Crippen molar-refractivity contribution in [1.29, 1.82) is 0 Å². The van der Waals surface area contributed by atoms with Gasteiger partial charge in [0.15, 0.2) is 0 Å². The van der Waals surface area contributed by atoms with Crippen LogP contribution in [0.4, 0.5) is 0 Å². The molecule has 0 aromatic rings. The molecular formula is C10H23BiN2S4+2. The molecule has 100 valence electrons. The molecule has 0 saturated heterocycles. The summed E-state index contributed by atoms with van der Waals surface area (Å²) in [5.74, 6) is 0. The van der Waals surface area contributed by atoms with Crippen LogP contribution in [0.15, 0.2) is 0 Å². The first-order valence-electron chi connectivity index (χ1n) is 5.80. The molecule has 7 heteroatoms. The maximum absolute atomic E-state index is 4.58. The molecule has 0 spiro atoms. The Labute approximate surface area is 133 Å². The summed E-state index contributed by atoms with van der Waals surface area (Å²) in [7, 11) is 3.94. The van der Waals surface area contributed by atoms with Crippen molar-refractivity contribution >= 4 is 70.4 Å². The third-order valence-electron chi connectivity index (χ3n) is 2.33. The molecule has 0 amide bonds. The van der Waals surface area contributed by atoms with E-state index in [1.807, 2.05) is 17.0 Å². The van der Waals surface area contributed by atoms with E-state index < -0.39 is 20.3 Å². The molecule has 0 unspecified atom stereocenters. The third kappa shape index (κ3) is 7.75. The first-order chi connectivity index (χ1) is 8.10. The van der Waals surface area contributed by atoms with Crippen molar-refractivity contribution in [2.45, 2.75) is 27.7 Å². The molecule has 2 nitrogen and oxygen atoms in total. The van der Waals surface area contributed by atoms with Gasteiger partial charge in [-0.1, -0.05) is 0 Å². The molecular weight excluding hydrogens is 485 g/mol. The van der Waals surface area contributed by atoms with E-state index in [1.165, 1.54) is 8.64 Å². The Kier molecular flexibility index (Phi) is 12.6. The molecule has 0 N–H and O–H groups in total. The molecule has 0 aromatic carbocycles. The van der Waals surface area contributed by atoms with Crippen LogP contribution in [0.25, 0.3) is 0 Å². The molecule has 0 atom stereocenters. The van der Waals surface area contributed by atoms with Gasteiger partial charge < -0.3 is 0 Å².